The van der Waals surface area contributed by atoms with Crippen LogP contribution in [0.2, 0.25) is 0 Å². The number of benzene rings is 2. The van der Waals surface area contributed by atoms with Gasteiger partial charge in [-0.05, 0) is 42.3 Å². The van der Waals surface area contributed by atoms with E-state index < -0.39 is 11.5 Å². The van der Waals surface area contributed by atoms with Crippen LogP contribution in [0.3, 0.4) is 0 Å². The maximum atomic E-state index is 11.2. The van der Waals surface area contributed by atoms with Crippen molar-refractivity contribution in [3.8, 4) is 17.6 Å². The normalized spacial score (nSPS) is 17.7. The molecule has 1 N–H and O–H groups in total. The fourth-order valence-corrected chi connectivity index (χ4v) is 4.95. The number of aromatic hydroxyl groups is 1. The summed E-state index contributed by atoms with van der Waals surface area (Å²) in [7, 11) is 0. The Bertz CT molecular complexity index is 1200. The quantitative estimate of drug-likeness (QED) is 0.403. The summed E-state index contributed by atoms with van der Waals surface area (Å²) in [5, 5.41) is 20.9. The number of nitriles is 1. The smallest absolute Gasteiger partial charge is 0.146 e. The summed E-state index contributed by atoms with van der Waals surface area (Å²) >= 11 is 0. The minimum atomic E-state index is -0.917. The summed E-state index contributed by atoms with van der Waals surface area (Å²) in [6, 6.07) is 20.3. The average molecular weight is 486 g/mol. The second-order valence-electron chi connectivity index (χ2n) is 9.47. The molecular weight excluding hydrogens is 450 g/mol. The monoisotopic (exact) mass is 485 g/mol. The van der Waals surface area contributed by atoms with Crippen LogP contribution < -0.4 is 4.74 Å². The van der Waals surface area contributed by atoms with Crippen LogP contribution in [-0.2, 0) is 16.9 Å². The van der Waals surface area contributed by atoms with Crippen molar-refractivity contribution < 1.29 is 14.6 Å². The zero-order valence-corrected chi connectivity index (χ0v) is 21.6. The molecule has 2 heterocycles. The largest absolute Gasteiger partial charge is 0.506 e. The molecule has 36 heavy (non-hydrogen) atoms. The number of aromatic nitrogens is 1. The third-order valence-electron chi connectivity index (χ3n) is 7.11. The van der Waals surface area contributed by atoms with Crippen LogP contribution in [0.25, 0.3) is 0 Å². The highest BCUT2D eigenvalue weighted by atomic mass is 16.5. The molecule has 6 heteroatoms. The number of likely N-dealkylation sites (N-methyl/N-ethyl adjacent to an activating group) is 1. The van der Waals surface area contributed by atoms with E-state index in [9.17, 15) is 10.4 Å². The number of ether oxygens (including phenoxy) is 2. The number of fused-ring (bicyclic) bond motifs is 1. The van der Waals surface area contributed by atoms with Gasteiger partial charge in [-0.2, -0.15) is 5.26 Å². The third-order valence-corrected chi connectivity index (χ3v) is 7.11. The van der Waals surface area contributed by atoms with E-state index in [4.69, 9.17) is 9.47 Å². The van der Waals surface area contributed by atoms with Gasteiger partial charge in [0, 0.05) is 23.9 Å². The molecule has 0 fully saturated rings. The van der Waals surface area contributed by atoms with Crippen LogP contribution in [0.15, 0.2) is 60.8 Å². The van der Waals surface area contributed by atoms with Crippen molar-refractivity contribution in [3.05, 3.63) is 88.7 Å². The van der Waals surface area contributed by atoms with Crippen LogP contribution in [0.4, 0.5) is 0 Å². The van der Waals surface area contributed by atoms with Gasteiger partial charge in [0.2, 0.25) is 0 Å². The SMILES string of the molecule is CCN(CC)CCOc1ccc(C2(c3ccccc3)OCc3c2cnc(C(C#N)C(C)C)c3O)cc1. The van der Waals surface area contributed by atoms with E-state index >= 15 is 0 Å². The van der Waals surface area contributed by atoms with Gasteiger partial charge in [0.1, 0.15) is 23.7 Å². The first kappa shape index (κ1) is 25.7. The van der Waals surface area contributed by atoms with Crippen LogP contribution in [0, 0.1) is 17.2 Å². The van der Waals surface area contributed by atoms with Gasteiger partial charge in [-0.15, -0.1) is 0 Å². The van der Waals surface area contributed by atoms with Crippen molar-refractivity contribution in [3.63, 3.8) is 0 Å². The van der Waals surface area contributed by atoms with Gasteiger partial charge in [0.05, 0.1) is 24.3 Å². The first-order valence-corrected chi connectivity index (χ1v) is 12.7. The fraction of sp³-hybridized carbons (Fsp3) is 0.400. The molecule has 2 unspecified atom stereocenters. The summed E-state index contributed by atoms with van der Waals surface area (Å²) in [5.74, 6) is 0.399. The van der Waals surface area contributed by atoms with Gasteiger partial charge in [-0.3, -0.25) is 4.98 Å². The molecule has 4 rings (SSSR count). The van der Waals surface area contributed by atoms with E-state index in [0.717, 1.165) is 42.1 Å². The maximum Gasteiger partial charge on any atom is 0.146 e. The Morgan fingerprint density at radius 2 is 1.75 bits per heavy atom. The molecular formula is C30H35N3O3. The lowest BCUT2D eigenvalue weighted by atomic mass is 9.80. The van der Waals surface area contributed by atoms with Crippen molar-refractivity contribution in [1.82, 2.24) is 9.88 Å². The highest BCUT2D eigenvalue weighted by Gasteiger charge is 2.46. The maximum absolute atomic E-state index is 11.2. The van der Waals surface area contributed by atoms with Crippen molar-refractivity contribution in [2.75, 3.05) is 26.2 Å². The number of hydrogen-bond donors (Lipinski definition) is 1. The van der Waals surface area contributed by atoms with Crippen LogP contribution >= 0.6 is 0 Å². The van der Waals surface area contributed by atoms with Crippen molar-refractivity contribution >= 4 is 0 Å². The van der Waals surface area contributed by atoms with Crippen LogP contribution in [0.1, 0.15) is 61.6 Å². The molecule has 3 aromatic rings. The first-order valence-electron chi connectivity index (χ1n) is 12.7. The zero-order valence-electron chi connectivity index (χ0n) is 21.6. The molecule has 0 bridgehead atoms. The Morgan fingerprint density at radius 1 is 1.08 bits per heavy atom. The van der Waals surface area contributed by atoms with E-state index in [1.807, 2.05) is 68.4 Å². The fourth-order valence-electron chi connectivity index (χ4n) is 4.95. The van der Waals surface area contributed by atoms with Crippen molar-refractivity contribution in [1.29, 1.82) is 5.26 Å². The molecule has 0 spiro atoms. The van der Waals surface area contributed by atoms with Crippen molar-refractivity contribution in [2.24, 2.45) is 5.92 Å². The molecule has 0 saturated heterocycles. The number of nitrogens with zero attached hydrogens (tertiary/aromatic N) is 3. The van der Waals surface area contributed by atoms with Gasteiger partial charge in [0.15, 0.2) is 0 Å². The van der Waals surface area contributed by atoms with Gasteiger partial charge < -0.3 is 19.5 Å². The highest BCUT2D eigenvalue weighted by molar-refractivity contribution is 5.57. The van der Waals surface area contributed by atoms with Crippen LogP contribution in [-0.4, -0.2) is 41.2 Å². The Labute approximate surface area is 214 Å². The van der Waals surface area contributed by atoms with Gasteiger partial charge in [-0.25, -0.2) is 0 Å². The predicted molar refractivity (Wildman–Crippen MR) is 140 cm³/mol. The molecule has 0 aliphatic carbocycles. The molecule has 1 aliphatic heterocycles. The average Bonchev–Trinajstić information content (AvgIpc) is 3.30. The first-order chi connectivity index (χ1) is 17.5. The summed E-state index contributed by atoms with van der Waals surface area (Å²) < 4.78 is 12.5. The minimum absolute atomic E-state index is 0.0296. The topological polar surface area (TPSA) is 78.6 Å². The predicted octanol–water partition coefficient (Wildman–Crippen LogP) is 5.59. The summed E-state index contributed by atoms with van der Waals surface area (Å²) in [5.41, 5.74) is 2.86. The minimum Gasteiger partial charge on any atom is -0.506 e. The van der Waals surface area contributed by atoms with E-state index in [1.165, 1.54) is 0 Å². The number of pyridine rings is 1. The second kappa shape index (κ2) is 11.1. The molecule has 1 aliphatic rings. The Balaban J connectivity index is 1.72. The molecule has 2 aromatic carbocycles. The van der Waals surface area contributed by atoms with E-state index in [1.54, 1.807) is 6.20 Å². The van der Waals surface area contributed by atoms with Gasteiger partial charge in [0.25, 0.3) is 0 Å². The summed E-state index contributed by atoms with van der Waals surface area (Å²) in [6.07, 6.45) is 1.77. The number of hydrogen-bond acceptors (Lipinski definition) is 6. The Hall–Kier alpha value is -3.40. The lowest BCUT2D eigenvalue weighted by Gasteiger charge is -2.31. The van der Waals surface area contributed by atoms with Gasteiger partial charge in [-0.1, -0.05) is 70.2 Å². The molecule has 0 saturated carbocycles. The molecule has 188 valence electrons. The Morgan fingerprint density at radius 3 is 2.36 bits per heavy atom. The lowest BCUT2D eigenvalue weighted by Crippen LogP contribution is -2.29. The molecule has 6 nitrogen and oxygen atoms in total. The third kappa shape index (κ3) is 4.69. The van der Waals surface area contributed by atoms with Gasteiger partial charge >= 0.3 is 0 Å². The zero-order chi connectivity index (χ0) is 25.7. The number of rotatable bonds is 10. The molecule has 2 atom stereocenters. The summed E-state index contributed by atoms with van der Waals surface area (Å²) in [6.45, 7) is 12.0. The van der Waals surface area contributed by atoms with E-state index in [2.05, 4.69) is 29.8 Å². The second-order valence-corrected chi connectivity index (χ2v) is 9.47. The van der Waals surface area contributed by atoms with Crippen molar-refractivity contribution in [2.45, 2.75) is 45.8 Å². The van der Waals surface area contributed by atoms with Crippen LogP contribution in [0.5, 0.6) is 11.5 Å². The highest BCUT2D eigenvalue weighted by Crippen LogP contribution is 2.50. The Kier molecular flexibility index (Phi) is 7.93. The van der Waals surface area contributed by atoms with E-state index in [0.29, 0.717) is 17.9 Å². The standard InChI is InChI=1S/C30H35N3O3/c1-5-33(6-2)16-17-35-24-14-12-23(13-15-24)30(22-10-8-7-9-11-22)27-19-32-28(25(18-31)21(3)4)29(34)26(27)20-36-30/h7-15,19,21,25,34H,5-6,16-17,20H2,1-4H3. The molecule has 0 amide bonds. The summed E-state index contributed by atoms with van der Waals surface area (Å²) in [4.78, 5) is 6.92. The molecule has 1 aromatic heterocycles. The molecule has 0 radical (unpaired) electrons. The lowest BCUT2D eigenvalue weighted by molar-refractivity contribution is 0.0263. The van der Waals surface area contributed by atoms with E-state index in [-0.39, 0.29) is 18.3 Å².